The number of rotatable bonds is 1. The van der Waals surface area contributed by atoms with Crippen LogP contribution >= 0.6 is 0 Å². The molecule has 0 N–H and O–H groups in total. The highest BCUT2D eigenvalue weighted by atomic mass is 16.6. The number of oxime groups is 1. The van der Waals surface area contributed by atoms with Gasteiger partial charge in [-0.2, -0.15) is 5.26 Å². The van der Waals surface area contributed by atoms with Crippen molar-refractivity contribution in [3.05, 3.63) is 35.9 Å². The molecule has 0 radical (unpaired) electrons. The van der Waals surface area contributed by atoms with Crippen molar-refractivity contribution >= 4 is 5.71 Å². The van der Waals surface area contributed by atoms with E-state index in [1.807, 2.05) is 36.4 Å². The minimum absolute atomic E-state index is 0.0733. The molecule has 2 rings (SSSR count). The first-order valence-corrected chi connectivity index (χ1v) is 4.08. The van der Waals surface area contributed by atoms with Crippen LogP contribution in [0.25, 0.3) is 0 Å². The highest BCUT2D eigenvalue weighted by Gasteiger charge is 2.21. The van der Waals surface area contributed by atoms with Crippen molar-refractivity contribution in [2.24, 2.45) is 5.16 Å². The van der Waals surface area contributed by atoms with E-state index in [1.54, 1.807) is 0 Å². The van der Waals surface area contributed by atoms with Gasteiger partial charge >= 0.3 is 0 Å². The summed E-state index contributed by atoms with van der Waals surface area (Å²) in [5, 5.41) is 12.2. The molecule has 1 aromatic rings. The first-order chi connectivity index (χ1) is 6.40. The van der Waals surface area contributed by atoms with Gasteiger partial charge in [0.1, 0.15) is 6.07 Å². The zero-order valence-corrected chi connectivity index (χ0v) is 6.97. The van der Waals surface area contributed by atoms with E-state index in [4.69, 9.17) is 10.1 Å². The highest BCUT2D eigenvalue weighted by Crippen LogP contribution is 2.26. The Bertz CT molecular complexity index is 364. The lowest BCUT2D eigenvalue weighted by atomic mass is 10.1. The monoisotopic (exact) mass is 172 g/mol. The molecule has 1 atom stereocenters. The first kappa shape index (κ1) is 7.81. The quantitative estimate of drug-likeness (QED) is 0.650. The van der Waals surface area contributed by atoms with E-state index >= 15 is 0 Å². The largest absolute Gasteiger partial charge is 0.386 e. The molecule has 0 amide bonds. The third-order valence-corrected chi connectivity index (χ3v) is 1.97. The summed E-state index contributed by atoms with van der Waals surface area (Å²) in [6.45, 7) is 0. The predicted molar refractivity (Wildman–Crippen MR) is 47.9 cm³/mol. The number of nitrogens with zero attached hydrogens (tertiary/aromatic N) is 2. The van der Waals surface area contributed by atoms with Crippen molar-refractivity contribution in [3.8, 4) is 6.07 Å². The molecule has 13 heavy (non-hydrogen) atoms. The summed E-state index contributed by atoms with van der Waals surface area (Å²) < 4.78 is 0. The normalized spacial score (nSPS) is 20.2. The number of benzene rings is 1. The second-order valence-corrected chi connectivity index (χ2v) is 2.86. The summed E-state index contributed by atoms with van der Waals surface area (Å²) in [6.07, 6.45) is 0.511. The second-order valence-electron chi connectivity index (χ2n) is 2.86. The maximum absolute atomic E-state index is 8.57. The average Bonchev–Trinajstić information content (AvgIpc) is 2.67. The van der Waals surface area contributed by atoms with Crippen LogP contribution in [-0.4, -0.2) is 5.71 Å². The van der Waals surface area contributed by atoms with Crippen LogP contribution in [-0.2, 0) is 4.84 Å². The van der Waals surface area contributed by atoms with Gasteiger partial charge in [0.2, 0.25) is 0 Å². The highest BCUT2D eigenvalue weighted by molar-refractivity contribution is 5.99. The van der Waals surface area contributed by atoms with Gasteiger partial charge in [0.05, 0.1) is 0 Å². The Morgan fingerprint density at radius 1 is 1.38 bits per heavy atom. The van der Waals surface area contributed by atoms with Crippen LogP contribution in [0.3, 0.4) is 0 Å². The standard InChI is InChI=1S/C10H8N2O/c11-7-9-6-10(13-12-9)8-4-2-1-3-5-8/h1-5,10H,6H2. The zero-order valence-electron chi connectivity index (χ0n) is 6.97. The molecule has 0 bridgehead atoms. The van der Waals surface area contributed by atoms with Crippen molar-refractivity contribution in [2.45, 2.75) is 12.5 Å². The van der Waals surface area contributed by atoms with E-state index in [2.05, 4.69) is 5.16 Å². The van der Waals surface area contributed by atoms with Crippen LogP contribution in [0.1, 0.15) is 18.1 Å². The summed E-state index contributed by atoms with van der Waals surface area (Å²) in [7, 11) is 0. The zero-order chi connectivity index (χ0) is 9.10. The third-order valence-electron chi connectivity index (χ3n) is 1.97. The maximum atomic E-state index is 8.57. The second kappa shape index (κ2) is 3.28. The molecular weight excluding hydrogens is 164 g/mol. The van der Waals surface area contributed by atoms with Crippen molar-refractivity contribution in [2.75, 3.05) is 0 Å². The van der Waals surface area contributed by atoms with Crippen molar-refractivity contribution in [1.29, 1.82) is 5.26 Å². The lowest BCUT2D eigenvalue weighted by Crippen LogP contribution is -1.97. The molecule has 1 aliphatic heterocycles. The van der Waals surface area contributed by atoms with Gasteiger partial charge in [0.15, 0.2) is 11.8 Å². The molecule has 0 saturated heterocycles. The molecule has 0 saturated carbocycles. The van der Waals surface area contributed by atoms with Crippen molar-refractivity contribution in [3.63, 3.8) is 0 Å². The van der Waals surface area contributed by atoms with Crippen LogP contribution < -0.4 is 0 Å². The lowest BCUT2D eigenvalue weighted by Gasteiger charge is -2.06. The fourth-order valence-corrected chi connectivity index (χ4v) is 1.29. The van der Waals surface area contributed by atoms with E-state index in [0.717, 1.165) is 5.56 Å². The fourth-order valence-electron chi connectivity index (χ4n) is 1.29. The average molecular weight is 172 g/mol. The number of hydrogen-bond acceptors (Lipinski definition) is 3. The minimum Gasteiger partial charge on any atom is -0.386 e. The van der Waals surface area contributed by atoms with Gasteiger partial charge in [-0.05, 0) is 5.56 Å². The smallest absolute Gasteiger partial charge is 0.161 e. The van der Waals surface area contributed by atoms with Gasteiger partial charge in [-0.15, -0.1) is 0 Å². The minimum atomic E-state index is -0.0733. The molecule has 0 aromatic heterocycles. The predicted octanol–water partition coefficient (Wildman–Crippen LogP) is 2.03. The Hall–Kier alpha value is -1.82. The summed E-state index contributed by atoms with van der Waals surface area (Å²) in [5.74, 6) is 0. The van der Waals surface area contributed by atoms with Crippen LogP contribution in [0.2, 0.25) is 0 Å². The van der Waals surface area contributed by atoms with Crippen molar-refractivity contribution < 1.29 is 4.84 Å². The van der Waals surface area contributed by atoms with Gasteiger partial charge in [0.25, 0.3) is 0 Å². The topological polar surface area (TPSA) is 45.4 Å². The molecular formula is C10H8N2O. The molecule has 3 nitrogen and oxygen atoms in total. The fraction of sp³-hybridized carbons (Fsp3) is 0.200. The van der Waals surface area contributed by atoms with Crippen LogP contribution in [0, 0.1) is 11.3 Å². The summed E-state index contributed by atoms with van der Waals surface area (Å²) >= 11 is 0. The van der Waals surface area contributed by atoms with Crippen LogP contribution in [0.15, 0.2) is 35.5 Å². The Balaban J connectivity index is 2.12. The van der Waals surface area contributed by atoms with E-state index in [0.29, 0.717) is 12.1 Å². The van der Waals surface area contributed by atoms with E-state index < -0.39 is 0 Å². The van der Waals surface area contributed by atoms with Gasteiger partial charge in [0, 0.05) is 6.42 Å². The molecule has 3 heteroatoms. The molecule has 0 spiro atoms. The Kier molecular flexibility index (Phi) is 1.97. The SMILES string of the molecule is N#CC1=NOC(c2ccccc2)C1. The van der Waals surface area contributed by atoms with E-state index in [9.17, 15) is 0 Å². The van der Waals surface area contributed by atoms with Gasteiger partial charge in [-0.1, -0.05) is 35.5 Å². The third kappa shape index (κ3) is 1.52. The summed E-state index contributed by atoms with van der Waals surface area (Å²) in [5.41, 5.74) is 1.53. The Morgan fingerprint density at radius 2 is 2.15 bits per heavy atom. The number of nitriles is 1. The van der Waals surface area contributed by atoms with E-state index in [-0.39, 0.29) is 6.10 Å². The van der Waals surface area contributed by atoms with Crippen LogP contribution in [0.4, 0.5) is 0 Å². The molecule has 1 aliphatic rings. The van der Waals surface area contributed by atoms with Gasteiger partial charge < -0.3 is 4.84 Å². The maximum Gasteiger partial charge on any atom is 0.161 e. The Morgan fingerprint density at radius 3 is 2.77 bits per heavy atom. The molecule has 1 heterocycles. The van der Waals surface area contributed by atoms with E-state index in [1.165, 1.54) is 0 Å². The summed E-state index contributed by atoms with van der Waals surface area (Å²) in [6, 6.07) is 11.8. The van der Waals surface area contributed by atoms with Gasteiger partial charge in [-0.25, -0.2) is 0 Å². The lowest BCUT2D eigenvalue weighted by molar-refractivity contribution is 0.0857. The van der Waals surface area contributed by atoms with Crippen LogP contribution in [0.5, 0.6) is 0 Å². The summed E-state index contributed by atoms with van der Waals surface area (Å²) in [4.78, 5) is 5.11. The first-order valence-electron chi connectivity index (χ1n) is 4.08. The molecule has 1 aromatic carbocycles. The number of hydrogen-bond donors (Lipinski definition) is 0. The Labute approximate surface area is 76.2 Å². The molecule has 0 fully saturated rings. The molecule has 64 valence electrons. The molecule has 1 unspecified atom stereocenters. The molecule has 0 aliphatic carbocycles. The van der Waals surface area contributed by atoms with Gasteiger partial charge in [-0.3, -0.25) is 0 Å². The van der Waals surface area contributed by atoms with Crippen molar-refractivity contribution in [1.82, 2.24) is 0 Å².